The molecule has 3 rings (SSSR count). The fourth-order valence-electron chi connectivity index (χ4n) is 3.03. The number of nitrogens with one attached hydrogen (secondary N) is 1. The quantitative estimate of drug-likeness (QED) is 0.419. The molecule has 0 fully saturated rings. The fourth-order valence-corrected chi connectivity index (χ4v) is 3.03. The summed E-state index contributed by atoms with van der Waals surface area (Å²) in [6, 6.07) is 9.83. The summed E-state index contributed by atoms with van der Waals surface area (Å²) >= 11 is 0. The highest BCUT2D eigenvalue weighted by Crippen LogP contribution is 2.26. The molecule has 2 aromatic carbocycles. The summed E-state index contributed by atoms with van der Waals surface area (Å²) in [5.74, 6) is 4.08. The third-order valence-corrected chi connectivity index (χ3v) is 4.35. The highest BCUT2D eigenvalue weighted by atomic mass is 19.1. The normalized spacial score (nSPS) is 11.3. The summed E-state index contributed by atoms with van der Waals surface area (Å²) in [4.78, 5) is 29.5. The van der Waals surface area contributed by atoms with Gasteiger partial charge in [-0.05, 0) is 65.8 Å². The fraction of sp³-hybridized carbons (Fsp3) is 0.296. The molecule has 3 aromatic rings. The smallest absolute Gasteiger partial charge is 0.421 e. The molecule has 0 aliphatic heterocycles. The molecule has 0 radical (unpaired) electrons. The maximum absolute atomic E-state index is 13.4. The van der Waals surface area contributed by atoms with Crippen LogP contribution in [-0.4, -0.2) is 32.9 Å². The van der Waals surface area contributed by atoms with Gasteiger partial charge in [0.25, 0.3) is 0 Å². The van der Waals surface area contributed by atoms with E-state index < -0.39 is 35.0 Å². The first-order valence-corrected chi connectivity index (χ1v) is 11.1. The summed E-state index contributed by atoms with van der Waals surface area (Å²) in [6.07, 6.45) is -0.0887. The summed E-state index contributed by atoms with van der Waals surface area (Å²) in [5.41, 5.74) is 0.202. The van der Waals surface area contributed by atoms with E-state index in [4.69, 9.17) is 9.47 Å². The molecule has 36 heavy (non-hydrogen) atoms. The summed E-state index contributed by atoms with van der Waals surface area (Å²) in [7, 11) is 0. The minimum absolute atomic E-state index is 0.0644. The van der Waals surface area contributed by atoms with Gasteiger partial charge in [-0.25, -0.2) is 27.9 Å². The van der Waals surface area contributed by atoms with Gasteiger partial charge in [-0.1, -0.05) is 24.0 Å². The molecule has 1 heterocycles. The highest BCUT2D eigenvalue weighted by molar-refractivity contribution is 5.89. The number of anilines is 1. The lowest BCUT2D eigenvalue weighted by atomic mass is 10.1. The number of nitrogens with zero attached hydrogens (tertiary/aromatic N) is 2. The third-order valence-electron chi connectivity index (χ3n) is 4.35. The zero-order valence-electron chi connectivity index (χ0n) is 20.9. The van der Waals surface area contributed by atoms with Crippen LogP contribution < -0.4 is 5.32 Å². The Labute approximate surface area is 208 Å². The van der Waals surface area contributed by atoms with Crippen molar-refractivity contribution in [2.24, 2.45) is 0 Å². The molecule has 7 nitrogen and oxygen atoms in total. The Bertz CT molecular complexity index is 1320. The minimum Gasteiger partial charge on any atom is -0.444 e. The summed E-state index contributed by atoms with van der Waals surface area (Å²) in [6.45, 7) is 10.3. The maximum atomic E-state index is 13.4. The largest absolute Gasteiger partial charge is 0.444 e. The van der Waals surface area contributed by atoms with Gasteiger partial charge in [-0.15, -0.1) is 0 Å². The van der Waals surface area contributed by atoms with Crippen LogP contribution in [0.4, 0.5) is 24.3 Å². The minimum atomic E-state index is -0.794. The zero-order valence-corrected chi connectivity index (χ0v) is 20.9. The average Bonchev–Trinajstić information content (AvgIpc) is 3.13. The van der Waals surface area contributed by atoms with Crippen molar-refractivity contribution >= 4 is 18.1 Å². The van der Waals surface area contributed by atoms with Gasteiger partial charge in [-0.2, -0.15) is 0 Å². The second kappa shape index (κ2) is 10.2. The van der Waals surface area contributed by atoms with E-state index in [0.717, 1.165) is 22.8 Å². The third kappa shape index (κ3) is 7.40. The Hall–Kier alpha value is -4.19. The van der Waals surface area contributed by atoms with Gasteiger partial charge in [0.15, 0.2) is 0 Å². The second-order valence-corrected chi connectivity index (χ2v) is 9.90. The molecule has 0 saturated carbocycles. The molecule has 188 valence electrons. The van der Waals surface area contributed by atoms with Gasteiger partial charge < -0.3 is 9.47 Å². The number of carbonyl (C=O) groups excluding carboxylic acids is 2. The number of hydrogen-bond acceptors (Lipinski definition) is 5. The van der Waals surface area contributed by atoms with Crippen molar-refractivity contribution in [3.05, 3.63) is 71.4 Å². The Morgan fingerprint density at radius 2 is 1.42 bits per heavy atom. The molecule has 1 aromatic heterocycles. The molecule has 0 aliphatic rings. The van der Waals surface area contributed by atoms with Crippen molar-refractivity contribution in [3.63, 3.8) is 0 Å². The number of imidazole rings is 1. The van der Waals surface area contributed by atoms with Crippen LogP contribution in [0.2, 0.25) is 0 Å². The van der Waals surface area contributed by atoms with Crippen LogP contribution in [-0.2, 0) is 9.47 Å². The molecule has 1 amide bonds. The number of aromatic nitrogens is 2. The predicted octanol–water partition coefficient (Wildman–Crippen LogP) is 6.36. The van der Waals surface area contributed by atoms with Crippen molar-refractivity contribution in [1.82, 2.24) is 9.55 Å². The lowest BCUT2D eigenvalue weighted by Gasteiger charge is -2.22. The molecule has 0 unspecified atom stereocenters. The van der Waals surface area contributed by atoms with Gasteiger partial charge in [0.2, 0.25) is 5.95 Å². The van der Waals surface area contributed by atoms with E-state index in [-0.39, 0.29) is 11.5 Å². The SMILES string of the molecule is CC(C)(C)OC(=O)Nc1ncc(-c2ccc(C#Cc3cc(F)cc(F)c3)cc2)n1C(=O)OC(C)(C)C. The van der Waals surface area contributed by atoms with E-state index in [2.05, 4.69) is 22.1 Å². The number of carbonyl (C=O) groups is 2. The van der Waals surface area contributed by atoms with E-state index in [1.165, 1.54) is 6.20 Å². The molecular formula is C27H27F2N3O4. The van der Waals surface area contributed by atoms with E-state index in [1.807, 2.05) is 0 Å². The first-order valence-electron chi connectivity index (χ1n) is 11.1. The van der Waals surface area contributed by atoms with Crippen LogP contribution in [0, 0.1) is 23.5 Å². The number of amides is 1. The Morgan fingerprint density at radius 1 is 0.861 bits per heavy atom. The van der Waals surface area contributed by atoms with Crippen LogP contribution in [0.3, 0.4) is 0 Å². The predicted molar refractivity (Wildman–Crippen MR) is 131 cm³/mol. The number of benzene rings is 2. The standard InChI is InChI=1S/C27H27F2N3O4/c1-26(2,3)35-24(33)31-23-30-16-22(32(23)25(34)36-27(4,5)6)19-11-9-17(10-12-19)7-8-18-13-20(28)15-21(29)14-18/h9-16H,1-6H3,(H,30,31,33). The second-order valence-electron chi connectivity index (χ2n) is 9.90. The number of halogens is 2. The van der Waals surface area contributed by atoms with Crippen molar-refractivity contribution in [1.29, 1.82) is 0 Å². The molecule has 0 saturated heterocycles. The highest BCUT2D eigenvalue weighted by Gasteiger charge is 2.26. The van der Waals surface area contributed by atoms with E-state index in [0.29, 0.717) is 16.8 Å². The number of rotatable bonds is 2. The topological polar surface area (TPSA) is 82.5 Å². The van der Waals surface area contributed by atoms with Crippen LogP contribution >= 0.6 is 0 Å². The van der Waals surface area contributed by atoms with Crippen LogP contribution in [0.25, 0.3) is 11.3 Å². The van der Waals surface area contributed by atoms with Crippen molar-refractivity contribution < 1.29 is 27.8 Å². The van der Waals surface area contributed by atoms with Crippen molar-refractivity contribution in [2.75, 3.05) is 5.32 Å². The summed E-state index contributed by atoms with van der Waals surface area (Å²) < 4.78 is 38.7. The molecule has 0 atom stereocenters. The molecule has 1 N–H and O–H groups in total. The zero-order chi connectivity index (χ0) is 26.7. The molecule has 0 spiro atoms. The van der Waals surface area contributed by atoms with E-state index in [1.54, 1.807) is 65.8 Å². The van der Waals surface area contributed by atoms with E-state index in [9.17, 15) is 18.4 Å². The van der Waals surface area contributed by atoms with Crippen LogP contribution in [0.5, 0.6) is 0 Å². The average molecular weight is 496 g/mol. The lowest BCUT2D eigenvalue weighted by Crippen LogP contribution is -2.31. The van der Waals surface area contributed by atoms with Gasteiger partial charge in [-0.3, -0.25) is 5.32 Å². The van der Waals surface area contributed by atoms with Crippen molar-refractivity contribution in [3.8, 4) is 23.1 Å². The van der Waals surface area contributed by atoms with Gasteiger partial charge >= 0.3 is 12.2 Å². The van der Waals surface area contributed by atoms with Gasteiger partial charge in [0.1, 0.15) is 22.8 Å². The van der Waals surface area contributed by atoms with Gasteiger partial charge in [0.05, 0.1) is 11.9 Å². The Morgan fingerprint density at radius 3 is 1.97 bits per heavy atom. The van der Waals surface area contributed by atoms with E-state index >= 15 is 0 Å². The van der Waals surface area contributed by atoms with Crippen molar-refractivity contribution in [2.45, 2.75) is 52.7 Å². The molecular weight excluding hydrogens is 468 g/mol. The number of hydrogen-bond donors (Lipinski definition) is 1. The van der Waals surface area contributed by atoms with Crippen LogP contribution in [0.1, 0.15) is 52.7 Å². The maximum Gasteiger partial charge on any atom is 0.421 e. The van der Waals surface area contributed by atoms with Gasteiger partial charge in [0, 0.05) is 22.8 Å². The molecule has 0 aliphatic carbocycles. The lowest BCUT2D eigenvalue weighted by molar-refractivity contribution is 0.0542. The molecule has 0 bridgehead atoms. The first-order chi connectivity index (χ1) is 16.7. The number of ether oxygens (including phenoxy) is 2. The summed E-state index contributed by atoms with van der Waals surface area (Å²) in [5, 5.41) is 2.49. The molecule has 9 heteroatoms. The Kier molecular flexibility index (Phi) is 7.48. The Balaban J connectivity index is 1.93. The monoisotopic (exact) mass is 495 g/mol. The first kappa shape index (κ1) is 26.4. The van der Waals surface area contributed by atoms with Crippen LogP contribution in [0.15, 0.2) is 48.7 Å².